The highest BCUT2D eigenvalue weighted by molar-refractivity contribution is 6.34. The standard InChI is InChI=1S/C37H40ClF5N8O5/c1-47-29(26-7-6-24(30(39)31(26)40)27-19-50(18-23(53)20-52)46-32(27)37(41,42)43)17-44-33(47)34(54)45-22-4-5-25(28(38)16-22)36(56)49-12-10-48(11-13-49)35(55)21-8-14-51(2,3)15-9-21/h4-7,16-17,19,21,23,52-53H,8-15,18,20H2,1-3H3/p+1/t23-/m0/s1. The number of quaternary nitrogens is 1. The maximum Gasteiger partial charge on any atom is 0.435 e. The Kier molecular flexibility index (Phi) is 11.6. The van der Waals surface area contributed by atoms with Gasteiger partial charge in [-0.25, -0.2) is 13.8 Å². The quantitative estimate of drug-likeness (QED) is 0.169. The molecule has 2 aliphatic heterocycles. The summed E-state index contributed by atoms with van der Waals surface area (Å²) in [5.74, 6) is -4.32. The first-order chi connectivity index (χ1) is 26.4. The smallest absolute Gasteiger partial charge is 0.394 e. The number of aliphatic hydroxyl groups is 2. The summed E-state index contributed by atoms with van der Waals surface area (Å²) in [6.45, 7) is 2.12. The minimum absolute atomic E-state index is 0.00346. The highest BCUT2D eigenvalue weighted by Crippen LogP contribution is 2.39. The molecule has 3 amide bonds. The lowest BCUT2D eigenvalue weighted by Gasteiger charge is -2.40. The van der Waals surface area contributed by atoms with Gasteiger partial charge in [-0.3, -0.25) is 19.1 Å². The Morgan fingerprint density at radius 2 is 1.61 bits per heavy atom. The fraction of sp³-hybridized carbons (Fsp3) is 0.432. The minimum Gasteiger partial charge on any atom is -0.394 e. The van der Waals surface area contributed by atoms with E-state index in [1.54, 1.807) is 4.90 Å². The number of nitrogens with one attached hydrogen (secondary N) is 1. The van der Waals surface area contributed by atoms with Crippen molar-refractivity contribution in [1.29, 1.82) is 0 Å². The average molecular weight is 808 g/mol. The first-order valence-corrected chi connectivity index (χ1v) is 18.2. The van der Waals surface area contributed by atoms with Crippen molar-refractivity contribution in [3.63, 3.8) is 0 Å². The van der Waals surface area contributed by atoms with E-state index in [1.165, 1.54) is 29.8 Å². The number of alkyl halides is 3. The van der Waals surface area contributed by atoms with Crippen LogP contribution >= 0.6 is 11.6 Å². The molecule has 2 fully saturated rings. The van der Waals surface area contributed by atoms with Crippen LogP contribution in [0, 0.1) is 17.6 Å². The first kappa shape index (κ1) is 40.7. The third-order valence-electron chi connectivity index (χ3n) is 10.3. The average Bonchev–Trinajstić information content (AvgIpc) is 3.76. The predicted octanol–water partition coefficient (Wildman–Crippen LogP) is 4.28. The molecule has 3 N–H and O–H groups in total. The Bertz CT molecular complexity index is 2140. The van der Waals surface area contributed by atoms with E-state index in [-0.39, 0.29) is 45.5 Å². The molecule has 2 aliphatic rings. The summed E-state index contributed by atoms with van der Waals surface area (Å²) >= 11 is 6.49. The van der Waals surface area contributed by atoms with Crippen molar-refractivity contribution < 1.29 is 51.0 Å². The Morgan fingerprint density at radius 3 is 2.23 bits per heavy atom. The molecule has 2 aromatic carbocycles. The molecule has 56 heavy (non-hydrogen) atoms. The molecule has 0 spiro atoms. The number of rotatable bonds is 9. The number of anilines is 1. The lowest BCUT2D eigenvalue weighted by atomic mass is 9.94. The van der Waals surface area contributed by atoms with Gasteiger partial charge in [-0.05, 0) is 24.3 Å². The molecule has 0 bridgehead atoms. The highest BCUT2D eigenvalue weighted by Gasteiger charge is 2.39. The van der Waals surface area contributed by atoms with Crippen molar-refractivity contribution >= 4 is 35.0 Å². The highest BCUT2D eigenvalue weighted by atomic mass is 35.5. The molecule has 19 heteroatoms. The summed E-state index contributed by atoms with van der Waals surface area (Å²) in [6.07, 6.45) is -2.93. The molecule has 13 nitrogen and oxygen atoms in total. The van der Waals surface area contributed by atoms with E-state index in [4.69, 9.17) is 16.7 Å². The largest absolute Gasteiger partial charge is 0.435 e. The molecule has 0 unspecified atom stereocenters. The van der Waals surface area contributed by atoms with Crippen molar-refractivity contribution in [2.24, 2.45) is 13.0 Å². The number of nitrogens with zero attached hydrogens (tertiary/aromatic N) is 7. The number of piperazine rings is 1. The van der Waals surface area contributed by atoms with Gasteiger partial charge in [0.05, 0.1) is 68.9 Å². The normalized spacial score (nSPS) is 16.9. The summed E-state index contributed by atoms with van der Waals surface area (Å²) < 4.78 is 75.2. The number of halogens is 6. The molecular formula is C37H41ClF5N8O5+. The summed E-state index contributed by atoms with van der Waals surface area (Å²) in [5.41, 5.74) is -3.11. The number of aliphatic hydroxyl groups excluding tert-OH is 2. The molecule has 4 aromatic rings. The summed E-state index contributed by atoms with van der Waals surface area (Å²) in [7, 11) is 5.68. The Hall–Kier alpha value is -4.91. The molecule has 4 heterocycles. The number of amides is 3. The van der Waals surface area contributed by atoms with Crippen LogP contribution in [0.4, 0.5) is 27.6 Å². The second-order valence-electron chi connectivity index (χ2n) is 14.7. The van der Waals surface area contributed by atoms with Crippen molar-refractivity contribution in [2.75, 3.05) is 65.3 Å². The van der Waals surface area contributed by atoms with Gasteiger partial charge in [-0.2, -0.15) is 18.3 Å². The molecule has 6 rings (SSSR count). The third kappa shape index (κ3) is 8.42. The number of carbonyl (C=O) groups excluding carboxylic acids is 3. The monoisotopic (exact) mass is 807 g/mol. The van der Waals surface area contributed by atoms with Gasteiger partial charge < -0.3 is 34.4 Å². The topological polar surface area (TPSA) is 146 Å². The number of hydrogen-bond acceptors (Lipinski definition) is 7. The van der Waals surface area contributed by atoms with E-state index < -0.39 is 65.4 Å². The number of benzene rings is 2. The van der Waals surface area contributed by atoms with Gasteiger partial charge in [0.25, 0.3) is 11.8 Å². The zero-order valence-corrected chi connectivity index (χ0v) is 31.5. The number of hydrogen-bond donors (Lipinski definition) is 3. The Morgan fingerprint density at radius 1 is 0.982 bits per heavy atom. The van der Waals surface area contributed by atoms with E-state index >= 15 is 8.78 Å². The SMILES string of the molecule is Cn1c(-c2ccc(-c3cn(C[C@H](O)CO)nc3C(F)(F)F)c(F)c2F)cnc1C(=O)Nc1ccc(C(=O)N2CCN(C(=O)C3CC[N+](C)(C)CC3)CC2)c(Cl)c1. The van der Waals surface area contributed by atoms with Gasteiger partial charge in [0.2, 0.25) is 5.91 Å². The van der Waals surface area contributed by atoms with Crippen LogP contribution in [0.15, 0.2) is 42.7 Å². The van der Waals surface area contributed by atoms with Crippen molar-refractivity contribution in [3.8, 4) is 22.4 Å². The Balaban J connectivity index is 1.12. The predicted molar refractivity (Wildman–Crippen MR) is 194 cm³/mol. The molecule has 2 aromatic heterocycles. The van der Waals surface area contributed by atoms with Gasteiger partial charge in [0, 0.05) is 80.6 Å². The fourth-order valence-electron chi connectivity index (χ4n) is 7.05. The maximum absolute atomic E-state index is 15.5. The van der Waals surface area contributed by atoms with Crippen LogP contribution in [0.5, 0.6) is 0 Å². The zero-order chi connectivity index (χ0) is 40.7. The van der Waals surface area contributed by atoms with Gasteiger partial charge >= 0.3 is 6.18 Å². The number of imidazole rings is 1. The maximum atomic E-state index is 15.5. The minimum atomic E-state index is -5.05. The fourth-order valence-corrected chi connectivity index (χ4v) is 7.31. The van der Waals surface area contributed by atoms with Crippen molar-refractivity contribution in [1.82, 2.24) is 29.1 Å². The number of piperidine rings is 1. The number of aromatic nitrogens is 4. The summed E-state index contributed by atoms with van der Waals surface area (Å²) in [4.78, 5) is 47.2. The lowest BCUT2D eigenvalue weighted by molar-refractivity contribution is -0.895. The molecule has 1 atom stereocenters. The third-order valence-corrected chi connectivity index (χ3v) is 10.6. The van der Waals surface area contributed by atoms with Crippen LogP contribution in [0.2, 0.25) is 5.02 Å². The molecule has 300 valence electrons. The second kappa shape index (κ2) is 15.9. The van der Waals surface area contributed by atoms with Crippen LogP contribution in [-0.2, 0) is 24.6 Å². The first-order valence-electron chi connectivity index (χ1n) is 17.8. The van der Waals surface area contributed by atoms with Gasteiger partial charge in [-0.15, -0.1) is 0 Å². The van der Waals surface area contributed by atoms with E-state index in [1.807, 2.05) is 4.90 Å². The lowest BCUT2D eigenvalue weighted by Crippen LogP contribution is -2.54. The van der Waals surface area contributed by atoms with Crippen molar-refractivity contribution in [3.05, 3.63) is 76.5 Å². The second-order valence-corrected chi connectivity index (χ2v) is 15.1. The molecule has 0 aliphatic carbocycles. The summed E-state index contributed by atoms with van der Waals surface area (Å²) in [6, 6.07) is 6.29. The molecule has 2 saturated heterocycles. The summed E-state index contributed by atoms with van der Waals surface area (Å²) in [5, 5.41) is 24.7. The van der Waals surface area contributed by atoms with E-state index in [2.05, 4.69) is 29.5 Å². The van der Waals surface area contributed by atoms with Gasteiger partial charge in [0.1, 0.15) is 0 Å². The van der Waals surface area contributed by atoms with E-state index in [0.717, 1.165) is 54.9 Å². The molecule has 0 saturated carbocycles. The van der Waals surface area contributed by atoms with Crippen LogP contribution in [0.1, 0.15) is 39.5 Å². The van der Waals surface area contributed by atoms with Gasteiger partial charge in [-0.1, -0.05) is 17.7 Å². The zero-order valence-electron chi connectivity index (χ0n) is 30.8. The molecule has 0 radical (unpaired) electrons. The van der Waals surface area contributed by atoms with Gasteiger partial charge in [0.15, 0.2) is 23.2 Å². The number of likely N-dealkylation sites (tertiary alicyclic amines) is 1. The molecular weight excluding hydrogens is 767 g/mol. The van der Waals surface area contributed by atoms with Crippen LogP contribution in [0.3, 0.4) is 0 Å². The van der Waals surface area contributed by atoms with E-state index in [9.17, 15) is 32.7 Å². The van der Waals surface area contributed by atoms with Crippen molar-refractivity contribution in [2.45, 2.75) is 31.7 Å². The van der Waals surface area contributed by atoms with Crippen LogP contribution in [-0.4, -0.2) is 128 Å². The van der Waals surface area contributed by atoms with Crippen LogP contribution < -0.4 is 5.32 Å². The van der Waals surface area contributed by atoms with E-state index in [0.29, 0.717) is 30.9 Å². The number of carbonyl (C=O) groups is 3. The Labute approximate surface area is 323 Å². The van der Waals surface area contributed by atoms with Crippen LogP contribution in [0.25, 0.3) is 22.4 Å².